The first kappa shape index (κ1) is 19.1. The van der Waals surface area contributed by atoms with E-state index in [1.165, 1.54) is 0 Å². The number of amides is 4. The number of carbonyl (C=O) groups is 2. The molecule has 2 heterocycles. The molecule has 1 atom stereocenters. The number of allylic oxidation sites excluding steroid dienone is 1. The molecule has 28 heavy (non-hydrogen) atoms. The summed E-state index contributed by atoms with van der Waals surface area (Å²) in [5.74, 6) is 0. The number of pyridine rings is 1. The van der Waals surface area contributed by atoms with Crippen molar-refractivity contribution in [3.05, 3.63) is 65.6 Å². The zero-order chi connectivity index (χ0) is 20.3. The molecule has 2 N–H and O–H groups in total. The lowest BCUT2D eigenvalue weighted by atomic mass is 9.92. The summed E-state index contributed by atoms with van der Waals surface area (Å²) >= 11 is 0. The van der Waals surface area contributed by atoms with Gasteiger partial charge in [0.1, 0.15) is 6.04 Å². The Kier molecular flexibility index (Phi) is 5.41. The number of hydrogen-bond acceptors (Lipinski definition) is 4. The Bertz CT molecular complexity index is 976. The predicted molar refractivity (Wildman–Crippen MR) is 105 cm³/mol. The quantitative estimate of drug-likeness (QED) is 0.854. The van der Waals surface area contributed by atoms with Gasteiger partial charge in [0.25, 0.3) is 0 Å². The Morgan fingerprint density at radius 1 is 1.29 bits per heavy atom. The van der Waals surface area contributed by atoms with Crippen LogP contribution in [-0.2, 0) is 0 Å². The van der Waals surface area contributed by atoms with Crippen LogP contribution in [0.3, 0.4) is 0 Å². The molecule has 0 radical (unpaired) electrons. The van der Waals surface area contributed by atoms with E-state index < -0.39 is 18.1 Å². The number of hydrogen-bond donors (Lipinski definition) is 2. The van der Waals surface area contributed by atoms with Crippen molar-refractivity contribution >= 4 is 12.1 Å². The van der Waals surface area contributed by atoms with Crippen LogP contribution in [0.2, 0.25) is 0 Å². The number of nitrogens with zero attached hydrogens (tertiary/aromatic N) is 3. The monoisotopic (exact) mass is 375 g/mol. The van der Waals surface area contributed by atoms with E-state index in [1.54, 1.807) is 19.3 Å². The van der Waals surface area contributed by atoms with Crippen molar-refractivity contribution in [2.24, 2.45) is 0 Å². The average molecular weight is 375 g/mol. The van der Waals surface area contributed by atoms with Gasteiger partial charge in [0, 0.05) is 24.1 Å². The molecule has 1 unspecified atom stereocenters. The topological polar surface area (TPSA) is 98.1 Å². The number of nitrogens with one attached hydrogen (secondary N) is 2. The molecule has 1 aliphatic rings. The van der Waals surface area contributed by atoms with Crippen LogP contribution in [0.25, 0.3) is 11.1 Å². The van der Waals surface area contributed by atoms with E-state index in [9.17, 15) is 14.9 Å². The maximum Gasteiger partial charge on any atom is 0.330 e. The number of benzene rings is 1. The van der Waals surface area contributed by atoms with Gasteiger partial charge in [-0.2, -0.15) is 5.26 Å². The van der Waals surface area contributed by atoms with Crippen molar-refractivity contribution in [2.45, 2.75) is 32.9 Å². The molecule has 1 aromatic carbocycles. The summed E-state index contributed by atoms with van der Waals surface area (Å²) < 4.78 is 0. The first-order valence-corrected chi connectivity index (χ1v) is 8.94. The second-order valence-corrected chi connectivity index (χ2v) is 6.82. The van der Waals surface area contributed by atoms with Crippen molar-refractivity contribution < 1.29 is 9.59 Å². The molecule has 2 aromatic rings. The highest BCUT2D eigenvalue weighted by molar-refractivity contribution is 5.96. The molecular weight excluding hydrogens is 354 g/mol. The summed E-state index contributed by atoms with van der Waals surface area (Å²) in [5, 5.41) is 15.1. The Morgan fingerprint density at radius 2 is 2.04 bits per heavy atom. The summed E-state index contributed by atoms with van der Waals surface area (Å²) in [6, 6.07) is 11.3. The fraction of sp³-hybridized carbons (Fsp3) is 0.238. The van der Waals surface area contributed by atoms with E-state index in [0.29, 0.717) is 16.8 Å². The third kappa shape index (κ3) is 3.71. The number of aromatic nitrogens is 1. The van der Waals surface area contributed by atoms with Gasteiger partial charge in [-0.15, -0.1) is 0 Å². The second-order valence-electron chi connectivity index (χ2n) is 6.82. The maximum absolute atomic E-state index is 12.7. The van der Waals surface area contributed by atoms with Crippen LogP contribution in [0, 0.1) is 11.3 Å². The summed E-state index contributed by atoms with van der Waals surface area (Å²) in [6.07, 6.45) is 3.43. The maximum atomic E-state index is 12.7. The normalized spacial score (nSPS) is 16.6. The lowest BCUT2D eigenvalue weighted by molar-refractivity contribution is 0.172. The van der Waals surface area contributed by atoms with Crippen LogP contribution < -0.4 is 10.6 Å². The zero-order valence-electron chi connectivity index (χ0n) is 15.9. The van der Waals surface area contributed by atoms with Crippen LogP contribution >= 0.6 is 0 Å². The number of carbonyl (C=O) groups excluding carboxylic acids is 2. The zero-order valence-corrected chi connectivity index (χ0v) is 15.9. The van der Waals surface area contributed by atoms with Gasteiger partial charge in [0.15, 0.2) is 0 Å². The minimum absolute atomic E-state index is 0.153. The summed E-state index contributed by atoms with van der Waals surface area (Å²) in [5.41, 5.74) is 3.23. The van der Waals surface area contributed by atoms with Crippen molar-refractivity contribution in [1.82, 2.24) is 20.5 Å². The van der Waals surface area contributed by atoms with E-state index in [4.69, 9.17) is 0 Å². The third-order valence-corrected chi connectivity index (χ3v) is 4.40. The van der Waals surface area contributed by atoms with Gasteiger partial charge < -0.3 is 10.6 Å². The summed E-state index contributed by atoms with van der Waals surface area (Å²) in [7, 11) is 0. The fourth-order valence-electron chi connectivity index (χ4n) is 3.15. The summed E-state index contributed by atoms with van der Waals surface area (Å²) in [6.45, 7) is 5.28. The number of imide groups is 1. The van der Waals surface area contributed by atoms with Crippen molar-refractivity contribution in [3.63, 3.8) is 0 Å². The third-order valence-electron chi connectivity index (χ3n) is 4.40. The number of urea groups is 2. The minimum Gasteiger partial charge on any atom is -0.335 e. The number of rotatable bonds is 3. The van der Waals surface area contributed by atoms with E-state index in [0.717, 1.165) is 16.0 Å². The second kappa shape index (κ2) is 7.92. The smallest absolute Gasteiger partial charge is 0.330 e. The molecule has 0 aliphatic carbocycles. The van der Waals surface area contributed by atoms with Gasteiger partial charge in [-0.1, -0.05) is 24.3 Å². The highest BCUT2D eigenvalue weighted by Crippen LogP contribution is 2.35. The Hall–Kier alpha value is -3.66. The van der Waals surface area contributed by atoms with E-state index in [-0.39, 0.29) is 6.04 Å². The fourth-order valence-corrected chi connectivity index (χ4v) is 3.15. The molecule has 0 saturated heterocycles. The molecule has 0 fully saturated rings. The van der Waals surface area contributed by atoms with E-state index in [2.05, 4.69) is 21.7 Å². The first-order chi connectivity index (χ1) is 13.4. The average Bonchev–Trinajstić information content (AvgIpc) is 2.67. The van der Waals surface area contributed by atoms with E-state index in [1.807, 2.05) is 50.2 Å². The van der Waals surface area contributed by atoms with Crippen molar-refractivity contribution in [3.8, 4) is 17.2 Å². The van der Waals surface area contributed by atoms with E-state index >= 15 is 0 Å². The number of nitriles is 1. The standard InChI is InChI=1S/C21H21N5O2/c1-13(2)24-20(27)26-19(18(11-22)14(3)25-21(26)28)16-7-4-6-15(10-16)17-8-5-9-23-12-17/h4-10,12-13,19H,1-3H3,(H,24,27)(H,25,28). The lowest BCUT2D eigenvalue weighted by Crippen LogP contribution is -2.54. The molecule has 1 aliphatic heterocycles. The molecule has 142 valence electrons. The van der Waals surface area contributed by atoms with Gasteiger partial charge in [-0.3, -0.25) is 4.98 Å². The Labute approximate surface area is 163 Å². The highest BCUT2D eigenvalue weighted by atomic mass is 16.2. The highest BCUT2D eigenvalue weighted by Gasteiger charge is 2.39. The SMILES string of the molecule is CC1=C(C#N)C(c2cccc(-c3cccnc3)c2)N(C(=O)NC(C)C)C(=O)N1. The van der Waals surface area contributed by atoms with Gasteiger partial charge in [0.2, 0.25) is 0 Å². The molecule has 0 bridgehead atoms. The molecular formula is C21H21N5O2. The Morgan fingerprint density at radius 3 is 2.68 bits per heavy atom. The van der Waals surface area contributed by atoms with Crippen molar-refractivity contribution in [1.29, 1.82) is 5.26 Å². The van der Waals surface area contributed by atoms with Crippen LogP contribution in [0.4, 0.5) is 9.59 Å². The predicted octanol–water partition coefficient (Wildman–Crippen LogP) is 3.73. The molecule has 0 spiro atoms. The summed E-state index contributed by atoms with van der Waals surface area (Å²) in [4.78, 5) is 30.6. The van der Waals surface area contributed by atoms with Crippen LogP contribution in [-0.4, -0.2) is 28.0 Å². The molecule has 0 saturated carbocycles. The van der Waals surface area contributed by atoms with Gasteiger partial charge in [0.05, 0.1) is 11.6 Å². The molecule has 7 heteroatoms. The molecule has 3 rings (SSSR count). The Balaban J connectivity index is 2.11. The van der Waals surface area contributed by atoms with Crippen LogP contribution in [0.15, 0.2) is 60.1 Å². The molecule has 7 nitrogen and oxygen atoms in total. The van der Waals surface area contributed by atoms with Gasteiger partial charge in [-0.05, 0) is 49.6 Å². The van der Waals surface area contributed by atoms with Crippen LogP contribution in [0.5, 0.6) is 0 Å². The molecule has 1 aromatic heterocycles. The molecule has 4 amide bonds. The van der Waals surface area contributed by atoms with Gasteiger partial charge >= 0.3 is 12.1 Å². The minimum atomic E-state index is -0.811. The van der Waals surface area contributed by atoms with Crippen molar-refractivity contribution in [2.75, 3.05) is 0 Å². The van der Waals surface area contributed by atoms with Gasteiger partial charge in [-0.25, -0.2) is 14.5 Å². The first-order valence-electron chi connectivity index (χ1n) is 8.94. The lowest BCUT2D eigenvalue weighted by Gasteiger charge is -2.35. The van der Waals surface area contributed by atoms with Crippen LogP contribution in [0.1, 0.15) is 32.4 Å². The largest absolute Gasteiger partial charge is 0.335 e.